The number of aromatic carboxylic acids is 1. The van der Waals surface area contributed by atoms with E-state index in [1.165, 1.54) is 0 Å². The molecule has 0 radical (unpaired) electrons. The molecule has 2 aromatic rings. The first-order chi connectivity index (χ1) is 12.9. The number of amides is 1. The summed E-state index contributed by atoms with van der Waals surface area (Å²) in [5.41, 5.74) is 2.41. The number of rotatable bonds is 4. The van der Waals surface area contributed by atoms with Gasteiger partial charge in [0.2, 0.25) is 5.95 Å². The number of hydrogen-bond acceptors (Lipinski definition) is 5. The van der Waals surface area contributed by atoms with E-state index in [9.17, 15) is 14.7 Å². The average Bonchev–Trinajstić information content (AvgIpc) is 2.67. The molecule has 27 heavy (non-hydrogen) atoms. The zero-order valence-corrected chi connectivity index (χ0v) is 15.8. The summed E-state index contributed by atoms with van der Waals surface area (Å²) >= 11 is 0. The van der Waals surface area contributed by atoms with E-state index in [1.54, 1.807) is 29.3 Å². The second kappa shape index (κ2) is 7.73. The van der Waals surface area contributed by atoms with Gasteiger partial charge in [-0.25, -0.2) is 14.8 Å². The monoisotopic (exact) mass is 368 g/mol. The van der Waals surface area contributed by atoms with Crippen molar-refractivity contribution in [3.8, 4) is 0 Å². The van der Waals surface area contributed by atoms with E-state index in [1.807, 2.05) is 32.0 Å². The van der Waals surface area contributed by atoms with Crippen molar-refractivity contribution in [2.75, 3.05) is 32.1 Å². The van der Waals surface area contributed by atoms with Crippen LogP contribution in [0.5, 0.6) is 0 Å². The molecule has 0 bridgehead atoms. The van der Waals surface area contributed by atoms with Crippen LogP contribution in [-0.2, 0) is 0 Å². The molecule has 1 N–H and O–H groups in total. The second-order valence-corrected chi connectivity index (χ2v) is 7.08. The van der Waals surface area contributed by atoms with Crippen molar-refractivity contribution in [2.45, 2.75) is 25.7 Å². The fraction of sp³-hybridized carbons (Fsp3) is 0.400. The predicted molar refractivity (Wildman–Crippen MR) is 102 cm³/mol. The van der Waals surface area contributed by atoms with Gasteiger partial charge in [0, 0.05) is 39.3 Å². The number of aryl methyl sites for hydroxylation is 1. The fourth-order valence-electron chi connectivity index (χ4n) is 3.41. The van der Waals surface area contributed by atoms with Gasteiger partial charge in [-0.2, -0.15) is 0 Å². The number of anilines is 1. The highest BCUT2D eigenvalue weighted by atomic mass is 16.4. The molecule has 0 unspecified atom stereocenters. The summed E-state index contributed by atoms with van der Waals surface area (Å²) in [4.78, 5) is 36.5. The first-order valence-corrected chi connectivity index (χ1v) is 9.00. The number of carboxylic acid groups (broad SMARTS) is 1. The van der Waals surface area contributed by atoms with Crippen LogP contribution in [0.2, 0.25) is 0 Å². The molecule has 2 heterocycles. The molecular formula is C20H24N4O3. The van der Waals surface area contributed by atoms with Crippen molar-refractivity contribution >= 4 is 17.8 Å². The Labute approximate surface area is 158 Å². The Hall–Kier alpha value is -2.96. The summed E-state index contributed by atoms with van der Waals surface area (Å²) in [5, 5.41) is 9.21. The van der Waals surface area contributed by atoms with E-state index in [4.69, 9.17) is 0 Å². The van der Waals surface area contributed by atoms with Crippen LogP contribution in [0.3, 0.4) is 0 Å². The van der Waals surface area contributed by atoms with Crippen LogP contribution >= 0.6 is 0 Å². The van der Waals surface area contributed by atoms with Crippen LogP contribution in [0.4, 0.5) is 5.95 Å². The highest BCUT2D eigenvalue weighted by Gasteiger charge is 2.27. The normalized spacial score (nSPS) is 16.9. The van der Waals surface area contributed by atoms with Crippen LogP contribution < -0.4 is 4.90 Å². The third-order valence-corrected chi connectivity index (χ3v) is 4.91. The maximum atomic E-state index is 13.0. The third-order valence-electron chi connectivity index (χ3n) is 4.91. The summed E-state index contributed by atoms with van der Waals surface area (Å²) < 4.78 is 0. The summed E-state index contributed by atoms with van der Waals surface area (Å²) in [6.07, 6.45) is 3.40. The molecule has 142 valence electrons. The molecule has 1 fully saturated rings. The lowest BCUT2D eigenvalue weighted by Gasteiger charge is -2.33. The van der Waals surface area contributed by atoms with Gasteiger partial charge in [0.1, 0.15) is 0 Å². The first kappa shape index (κ1) is 18.8. The molecule has 0 spiro atoms. The van der Waals surface area contributed by atoms with Crippen LogP contribution in [0, 0.1) is 6.92 Å². The SMILES string of the molecule is Cc1nc(N(C)C)ncc1C(=O)N1CCC[C@@H](c2cccc(C(=O)O)c2)C1. The molecule has 1 aliphatic heterocycles. The van der Waals surface area contributed by atoms with E-state index >= 15 is 0 Å². The highest BCUT2D eigenvalue weighted by Crippen LogP contribution is 2.28. The molecule has 0 aliphatic carbocycles. The van der Waals surface area contributed by atoms with Crippen molar-refractivity contribution in [3.63, 3.8) is 0 Å². The molecular weight excluding hydrogens is 344 g/mol. The molecule has 1 aromatic carbocycles. The van der Waals surface area contributed by atoms with Crippen molar-refractivity contribution < 1.29 is 14.7 Å². The number of carbonyl (C=O) groups excluding carboxylic acids is 1. The van der Waals surface area contributed by atoms with Crippen molar-refractivity contribution in [1.82, 2.24) is 14.9 Å². The molecule has 7 heteroatoms. The number of nitrogens with zero attached hydrogens (tertiary/aromatic N) is 4. The van der Waals surface area contributed by atoms with Gasteiger partial charge < -0.3 is 14.9 Å². The zero-order valence-electron chi connectivity index (χ0n) is 15.8. The summed E-state index contributed by atoms with van der Waals surface area (Å²) in [6.45, 7) is 3.07. The topological polar surface area (TPSA) is 86.6 Å². The largest absolute Gasteiger partial charge is 0.478 e. The molecule has 0 saturated carbocycles. The Morgan fingerprint density at radius 2 is 2.07 bits per heavy atom. The molecule has 3 rings (SSSR count). The standard InChI is InChI=1S/C20H24N4O3/c1-13-17(11-21-20(22-13)23(2)3)18(25)24-9-5-8-16(12-24)14-6-4-7-15(10-14)19(26)27/h4,6-7,10-11,16H,5,8-9,12H2,1-3H3,(H,26,27)/t16-/m1/s1. The lowest BCUT2D eigenvalue weighted by Crippen LogP contribution is -2.39. The van der Waals surface area contributed by atoms with E-state index in [0.29, 0.717) is 30.3 Å². The van der Waals surface area contributed by atoms with Crippen molar-refractivity contribution in [2.24, 2.45) is 0 Å². The van der Waals surface area contributed by atoms with Crippen LogP contribution in [0.15, 0.2) is 30.5 Å². The first-order valence-electron chi connectivity index (χ1n) is 9.00. The summed E-state index contributed by atoms with van der Waals surface area (Å²) in [7, 11) is 3.72. The second-order valence-electron chi connectivity index (χ2n) is 7.08. The number of carbonyl (C=O) groups is 2. The Kier molecular flexibility index (Phi) is 5.39. The molecule has 1 aliphatic rings. The minimum atomic E-state index is -0.936. The van der Waals surface area contributed by atoms with Gasteiger partial charge in [0.25, 0.3) is 5.91 Å². The average molecular weight is 368 g/mol. The lowest BCUT2D eigenvalue weighted by atomic mass is 9.89. The van der Waals surface area contributed by atoms with Gasteiger partial charge >= 0.3 is 5.97 Å². The van der Waals surface area contributed by atoms with E-state index in [-0.39, 0.29) is 17.4 Å². The van der Waals surface area contributed by atoms with E-state index in [0.717, 1.165) is 18.4 Å². The van der Waals surface area contributed by atoms with Gasteiger partial charge in [-0.3, -0.25) is 4.79 Å². The maximum Gasteiger partial charge on any atom is 0.335 e. The Morgan fingerprint density at radius 3 is 2.74 bits per heavy atom. The quantitative estimate of drug-likeness (QED) is 0.893. The molecule has 1 saturated heterocycles. The number of hydrogen-bond donors (Lipinski definition) is 1. The maximum absolute atomic E-state index is 13.0. The van der Waals surface area contributed by atoms with Crippen molar-refractivity contribution in [3.05, 3.63) is 52.8 Å². The molecule has 1 amide bonds. The predicted octanol–water partition coefficient (Wildman–Crippen LogP) is 2.57. The van der Waals surface area contributed by atoms with Gasteiger partial charge in [-0.1, -0.05) is 12.1 Å². The van der Waals surface area contributed by atoms with Crippen LogP contribution in [-0.4, -0.2) is 59.0 Å². The molecule has 1 aromatic heterocycles. The lowest BCUT2D eigenvalue weighted by molar-refractivity contribution is 0.0687. The Bertz CT molecular complexity index is 866. The number of likely N-dealkylation sites (tertiary alicyclic amines) is 1. The van der Waals surface area contributed by atoms with Gasteiger partial charge in [-0.05, 0) is 37.5 Å². The third kappa shape index (κ3) is 4.07. The summed E-state index contributed by atoms with van der Waals surface area (Å²) in [5.74, 6) is -0.304. The van der Waals surface area contributed by atoms with Gasteiger partial charge in [-0.15, -0.1) is 0 Å². The molecule has 1 atom stereocenters. The van der Waals surface area contributed by atoms with Gasteiger partial charge in [0.05, 0.1) is 16.8 Å². The van der Waals surface area contributed by atoms with Crippen LogP contribution in [0.25, 0.3) is 0 Å². The number of aromatic nitrogens is 2. The van der Waals surface area contributed by atoms with E-state index < -0.39 is 5.97 Å². The van der Waals surface area contributed by atoms with Gasteiger partial charge in [0.15, 0.2) is 0 Å². The summed E-state index contributed by atoms with van der Waals surface area (Å²) in [6, 6.07) is 6.99. The Morgan fingerprint density at radius 1 is 1.30 bits per heavy atom. The Balaban J connectivity index is 1.79. The van der Waals surface area contributed by atoms with Crippen molar-refractivity contribution in [1.29, 1.82) is 0 Å². The number of piperidine rings is 1. The highest BCUT2D eigenvalue weighted by molar-refractivity contribution is 5.95. The number of carboxylic acids is 1. The van der Waals surface area contributed by atoms with Crippen LogP contribution in [0.1, 0.15) is 50.7 Å². The fourth-order valence-corrected chi connectivity index (χ4v) is 3.41. The smallest absolute Gasteiger partial charge is 0.335 e. The van der Waals surface area contributed by atoms with E-state index in [2.05, 4.69) is 9.97 Å². The molecule has 7 nitrogen and oxygen atoms in total. The minimum Gasteiger partial charge on any atom is -0.478 e. The number of benzene rings is 1. The zero-order chi connectivity index (χ0) is 19.6. The minimum absolute atomic E-state index is 0.0723.